The molecule has 7 nitrogen and oxygen atoms in total. The summed E-state index contributed by atoms with van der Waals surface area (Å²) in [4.78, 5) is 34.8. The Bertz CT molecular complexity index is 741. The molecule has 0 saturated heterocycles. The van der Waals surface area contributed by atoms with E-state index in [1.165, 1.54) is 9.47 Å². The van der Waals surface area contributed by atoms with Gasteiger partial charge in [-0.25, -0.2) is 24.1 Å². The number of imidazole rings is 1. The molecule has 2 aromatic heterocycles. The van der Waals surface area contributed by atoms with Crippen molar-refractivity contribution in [3.8, 4) is 0 Å². The third-order valence-corrected chi connectivity index (χ3v) is 3.74. The van der Waals surface area contributed by atoms with Gasteiger partial charge in [0.15, 0.2) is 5.65 Å². The molecule has 0 unspecified atom stereocenters. The third kappa shape index (κ3) is 1.81. The van der Waals surface area contributed by atoms with Crippen molar-refractivity contribution in [1.82, 2.24) is 24.0 Å². The van der Waals surface area contributed by atoms with Gasteiger partial charge in [0.05, 0.1) is 6.20 Å². The van der Waals surface area contributed by atoms with E-state index in [2.05, 4.69) is 9.97 Å². The fourth-order valence-corrected chi connectivity index (χ4v) is 2.16. The third-order valence-electron chi connectivity index (χ3n) is 3.74. The first kappa shape index (κ1) is 12.8. The van der Waals surface area contributed by atoms with E-state index < -0.39 is 0 Å². The van der Waals surface area contributed by atoms with Crippen molar-refractivity contribution in [2.45, 2.75) is 25.7 Å². The molecule has 106 valence electrons. The second-order valence-corrected chi connectivity index (χ2v) is 5.19. The number of aryl methyl sites for hydroxylation is 1. The molecule has 20 heavy (non-hydrogen) atoms. The van der Waals surface area contributed by atoms with E-state index in [-0.39, 0.29) is 11.7 Å². The minimum absolute atomic E-state index is 0.356. The number of amides is 1. The topological polar surface area (TPSA) is 73.0 Å². The highest BCUT2D eigenvalue weighted by Crippen LogP contribution is 2.38. The fraction of sp³-hybridized carbons (Fsp3) is 0.538. The van der Waals surface area contributed by atoms with Crippen molar-refractivity contribution in [3.05, 3.63) is 22.5 Å². The van der Waals surface area contributed by atoms with Gasteiger partial charge in [0, 0.05) is 26.6 Å². The maximum absolute atomic E-state index is 12.3. The Kier molecular flexibility index (Phi) is 2.84. The summed E-state index contributed by atoms with van der Waals surface area (Å²) >= 11 is 0. The molecule has 1 saturated carbocycles. The van der Waals surface area contributed by atoms with Crippen LogP contribution >= 0.6 is 0 Å². The zero-order chi connectivity index (χ0) is 14.4. The van der Waals surface area contributed by atoms with Crippen LogP contribution in [-0.2, 0) is 7.05 Å². The van der Waals surface area contributed by atoms with Gasteiger partial charge in [-0.05, 0) is 19.8 Å². The van der Waals surface area contributed by atoms with Crippen LogP contribution < -0.4 is 5.69 Å². The van der Waals surface area contributed by atoms with Crippen LogP contribution in [0.25, 0.3) is 11.2 Å². The lowest BCUT2D eigenvalue weighted by Gasteiger charge is -2.14. The second-order valence-electron chi connectivity index (χ2n) is 5.19. The van der Waals surface area contributed by atoms with E-state index in [9.17, 15) is 9.59 Å². The normalized spacial score (nSPS) is 14.8. The Morgan fingerprint density at radius 3 is 2.80 bits per heavy atom. The van der Waals surface area contributed by atoms with Crippen LogP contribution in [0, 0.1) is 0 Å². The van der Waals surface area contributed by atoms with Gasteiger partial charge in [0.25, 0.3) is 0 Å². The van der Waals surface area contributed by atoms with Crippen LogP contribution in [0.15, 0.2) is 11.0 Å². The summed E-state index contributed by atoms with van der Waals surface area (Å²) in [5.74, 6) is 1.17. The van der Waals surface area contributed by atoms with Gasteiger partial charge in [-0.15, -0.1) is 0 Å². The van der Waals surface area contributed by atoms with E-state index in [0.717, 1.165) is 23.2 Å². The number of carbonyl (C=O) groups excluding carboxylic acids is 1. The Hall–Kier alpha value is -2.18. The molecule has 3 rings (SSSR count). The Labute approximate surface area is 115 Å². The maximum atomic E-state index is 12.3. The summed E-state index contributed by atoms with van der Waals surface area (Å²) in [5.41, 5.74) is 0.601. The van der Waals surface area contributed by atoms with E-state index in [4.69, 9.17) is 0 Å². The van der Waals surface area contributed by atoms with E-state index in [0.29, 0.717) is 23.6 Å². The molecule has 0 aliphatic heterocycles. The van der Waals surface area contributed by atoms with Crippen LogP contribution in [0.5, 0.6) is 0 Å². The van der Waals surface area contributed by atoms with Crippen LogP contribution in [0.3, 0.4) is 0 Å². The van der Waals surface area contributed by atoms with Crippen molar-refractivity contribution in [2.75, 3.05) is 13.6 Å². The summed E-state index contributed by atoms with van der Waals surface area (Å²) in [6.07, 6.45) is 3.77. The average molecular weight is 275 g/mol. The zero-order valence-electron chi connectivity index (χ0n) is 11.8. The minimum atomic E-state index is -0.382. The molecule has 0 aromatic carbocycles. The highest BCUT2D eigenvalue weighted by atomic mass is 16.2. The standard InChI is InChI=1S/C13H17N5O2/c1-4-16(2)12(19)18-9-7-14-10(8-5-6-8)15-11(9)17(3)13(18)20/h7-8H,4-6H2,1-3H3. The van der Waals surface area contributed by atoms with Crippen molar-refractivity contribution in [1.29, 1.82) is 0 Å². The summed E-state index contributed by atoms with van der Waals surface area (Å²) in [6, 6.07) is -0.356. The molecule has 0 radical (unpaired) electrons. The fourth-order valence-electron chi connectivity index (χ4n) is 2.16. The molecule has 0 spiro atoms. The Morgan fingerprint density at radius 1 is 1.50 bits per heavy atom. The molecular weight excluding hydrogens is 258 g/mol. The lowest BCUT2D eigenvalue weighted by Crippen LogP contribution is -2.37. The molecule has 1 fully saturated rings. The van der Waals surface area contributed by atoms with Crippen LogP contribution in [0.1, 0.15) is 31.5 Å². The summed E-state index contributed by atoms with van der Waals surface area (Å²) < 4.78 is 2.54. The monoisotopic (exact) mass is 275 g/mol. The van der Waals surface area contributed by atoms with Gasteiger partial charge in [-0.1, -0.05) is 0 Å². The van der Waals surface area contributed by atoms with Crippen LogP contribution in [-0.4, -0.2) is 43.6 Å². The van der Waals surface area contributed by atoms with Gasteiger partial charge < -0.3 is 4.90 Å². The molecule has 1 aliphatic carbocycles. The lowest BCUT2D eigenvalue weighted by atomic mass is 10.4. The van der Waals surface area contributed by atoms with Crippen LogP contribution in [0.4, 0.5) is 4.79 Å². The summed E-state index contributed by atoms with van der Waals surface area (Å²) in [7, 11) is 3.29. The number of aromatic nitrogens is 4. The van der Waals surface area contributed by atoms with Gasteiger partial charge in [-0.2, -0.15) is 0 Å². The lowest BCUT2D eigenvalue weighted by molar-refractivity contribution is 0.212. The number of fused-ring (bicyclic) bond motifs is 1. The quantitative estimate of drug-likeness (QED) is 0.817. The summed E-state index contributed by atoms with van der Waals surface area (Å²) in [6.45, 7) is 2.39. The van der Waals surface area contributed by atoms with Gasteiger partial charge in [0.2, 0.25) is 0 Å². The van der Waals surface area contributed by atoms with Crippen molar-refractivity contribution in [2.24, 2.45) is 7.05 Å². The van der Waals surface area contributed by atoms with Gasteiger partial charge in [0.1, 0.15) is 11.3 Å². The average Bonchev–Trinajstić information content (AvgIpc) is 3.27. The maximum Gasteiger partial charge on any atom is 0.338 e. The highest BCUT2D eigenvalue weighted by Gasteiger charge is 2.28. The minimum Gasteiger partial charge on any atom is -0.327 e. The van der Waals surface area contributed by atoms with E-state index in [1.807, 2.05) is 6.92 Å². The number of carbonyl (C=O) groups is 1. The van der Waals surface area contributed by atoms with Crippen molar-refractivity contribution in [3.63, 3.8) is 0 Å². The predicted molar refractivity (Wildman–Crippen MR) is 73.8 cm³/mol. The largest absolute Gasteiger partial charge is 0.338 e. The first-order valence-corrected chi connectivity index (χ1v) is 6.74. The molecule has 0 atom stereocenters. The molecule has 2 aromatic rings. The summed E-state index contributed by atoms with van der Waals surface area (Å²) in [5, 5.41) is 0. The zero-order valence-corrected chi connectivity index (χ0v) is 11.8. The van der Waals surface area contributed by atoms with Gasteiger partial charge in [-0.3, -0.25) is 4.57 Å². The van der Waals surface area contributed by atoms with Gasteiger partial charge >= 0.3 is 11.7 Å². The Morgan fingerprint density at radius 2 is 2.20 bits per heavy atom. The van der Waals surface area contributed by atoms with E-state index >= 15 is 0 Å². The highest BCUT2D eigenvalue weighted by molar-refractivity contribution is 5.87. The smallest absolute Gasteiger partial charge is 0.327 e. The number of rotatable bonds is 2. The number of hydrogen-bond donors (Lipinski definition) is 0. The predicted octanol–water partition coefficient (Wildman–Crippen LogP) is 0.927. The second kappa shape index (κ2) is 4.43. The molecular formula is C13H17N5O2. The number of nitrogens with zero attached hydrogens (tertiary/aromatic N) is 5. The molecule has 2 heterocycles. The molecule has 1 amide bonds. The molecule has 7 heteroatoms. The molecule has 1 aliphatic rings. The molecule has 0 N–H and O–H groups in total. The van der Waals surface area contributed by atoms with Crippen LogP contribution in [0.2, 0.25) is 0 Å². The SMILES string of the molecule is CCN(C)C(=O)n1c(=O)n(C)c2nc(C3CC3)ncc21. The molecule has 0 bridgehead atoms. The first-order chi connectivity index (χ1) is 9.54. The Balaban J connectivity index is 2.20. The van der Waals surface area contributed by atoms with Crippen molar-refractivity contribution < 1.29 is 4.79 Å². The van der Waals surface area contributed by atoms with Crippen molar-refractivity contribution >= 4 is 17.2 Å². The van der Waals surface area contributed by atoms with E-state index in [1.54, 1.807) is 20.3 Å². The number of hydrogen-bond acceptors (Lipinski definition) is 4. The first-order valence-electron chi connectivity index (χ1n) is 6.74.